The standard InChI is InChI=1S/C27H38N6O3/c1-20(2)18-24(32-16-14-31(15-17-32)22-7-9-23(34-3)10-8-22)27-28-29-30-33(27)13-12-21-6-11-25(35-4)26(19-21)36-5/h6-11,19-20,24H,12-18H2,1-5H3. The number of aromatic nitrogens is 4. The van der Waals surface area contributed by atoms with E-state index in [0.717, 1.165) is 67.7 Å². The van der Waals surface area contributed by atoms with Gasteiger partial charge in [0.2, 0.25) is 0 Å². The smallest absolute Gasteiger partial charge is 0.168 e. The molecule has 2 heterocycles. The molecule has 0 amide bonds. The summed E-state index contributed by atoms with van der Waals surface area (Å²) in [6, 6.07) is 14.5. The van der Waals surface area contributed by atoms with Crippen molar-refractivity contribution in [2.75, 3.05) is 52.4 Å². The Morgan fingerprint density at radius 2 is 1.58 bits per heavy atom. The lowest BCUT2D eigenvalue weighted by molar-refractivity contribution is 0.152. The quantitative estimate of drug-likeness (QED) is 0.398. The Kier molecular flexibility index (Phi) is 8.64. The number of anilines is 1. The number of hydrogen-bond acceptors (Lipinski definition) is 8. The molecule has 36 heavy (non-hydrogen) atoms. The second-order valence-electron chi connectivity index (χ2n) is 9.57. The molecule has 194 valence electrons. The highest BCUT2D eigenvalue weighted by Gasteiger charge is 2.30. The van der Waals surface area contributed by atoms with Crippen molar-refractivity contribution in [3.8, 4) is 17.2 Å². The van der Waals surface area contributed by atoms with Gasteiger partial charge in [0, 0.05) is 38.4 Å². The number of hydrogen-bond donors (Lipinski definition) is 0. The lowest BCUT2D eigenvalue weighted by atomic mass is 10.0. The van der Waals surface area contributed by atoms with Crippen molar-refractivity contribution in [1.29, 1.82) is 0 Å². The zero-order valence-corrected chi connectivity index (χ0v) is 22.1. The van der Waals surface area contributed by atoms with E-state index in [1.165, 1.54) is 5.69 Å². The Hall–Kier alpha value is -3.33. The summed E-state index contributed by atoms with van der Waals surface area (Å²) in [5, 5.41) is 12.9. The summed E-state index contributed by atoms with van der Waals surface area (Å²) < 4.78 is 18.1. The van der Waals surface area contributed by atoms with E-state index in [0.29, 0.717) is 12.5 Å². The van der Waals surface area contributed by atoms with Crippen LogP contribution in [0.4, 0.5) is 5.69 Å². The van der Waals surface area contributed by atoms with Gasteiger partial charge in [-0.15, -0.1) is 5.10 Å². The minimum Gasteiger partial charge on any atom is -0.497 e. The summed E-state index contributed by atoms with van der Waals surface area (Å²) in [5.41, 5.74) is 2.39. The second kappa shape index (κ2) is 12.1. The SMILES string of the molecule is COc1ccc(N2CCN(C(CC(C)C)c3nnnn3CCc3ccc(OC)c(OC)c3)CC2)cc1. The molecule has 9 heteroatoms. The zero-order chi connectivity index (χ0) is 25.5. The van der Waals surface area contributed by atoms with Gasteiger partial charge in [0.15, 0.2) is 17.3 Å². The van der Waals surface area contributed by atoms with Gasteiger partial charge in [-0.1, -0.05) is 19.9 Å². The fourth-order valence-corrected chi connectivity index (χ4v) is 4.83. The van der Waals surface area contributed by atoms with E-state index in [1.807, 2.05) is 28.9 Å². The number of methoxy groups -OCH3 is 3. The van der Waals surface area contributed by atoms with E-state index in [9.17, 15) is 0 Å². The summed E-state index contributed by atoms with van der Waals surface area (Å²) in [4.78, 5) is 4.97. The van der Waals surface area contributed by atoms with Crippen LogP contribution in [-0.2, 0) is 13.0 Å². The van der Waals surface area contributed by atoms with E-state index in [-0.39, 0.29) is 6.04 Å². The van der Waals surface area contributed by atoms with Crippen molar-refractivity contribution < 1.29 is 14.2 Å². The first-order chi connectivity index (χ1) is 17.5. The maximum atomic E-state index is 5.46. The Morgan fingerprint density at radius 1 is 0.861 bits per heavy atom. The molecule has 9 nitrogen and oxygen atoms in total. The third-order valence-electron chi connectivity index (χ3n) is 6.81. The summed E-state index contributed by atoms with van der Waals surface area (Å²) in [5.74, 6) is 3.83. The number of piperazine rings is 1. The molecule has 1 atom stereocenters. The van der Waals surface area contributed by atoms with Gasteiger partial charge in [-0.25, -0.2) is 4.68 Å². The van der Waals surface area contributed by atoms with Crippen LogP contribution in [0.5, 0.6) is 17.2 Å². The first-order valence-electron chi connectivity index (χ1n) is 12.6. The number of ether oxygens (including phenoxy) is 3. The highest BCUT2D eigenvalue weighted by atomic mass is 16.5. The van der Waals surface area contributed by atoms with Gasteiger partial charge in [0.25, 0.3) is 0 Å². The average molecular weight is 495 g/mol. The fourth-order valence-electron chi connectivity index (χ4n) is 4.83. The van der Waals surface area contributed by atoms with E-state index in [4.69, 9.17) is 14.2 Å². The molecule has 0 aliphatic carbocycles. The van der Waals surface area contributed by atoms with Crippen LogP contribution in [0.25, 0.3) is 0 Å². The molecule has 4 rings (SSSR count). The third-order valence-corrected chi connectivity index (χ3v) is 6.81. The Labute approximate surface area is 213 Å². The molecule has 1 aromatic heterocycles. The summed E-state index contributed by atoms with van der Waals surface area (Å²) in [6.07, 6.45) is 1.82. The first kappa shape index (κ1) is 25.8. The lowest BCUT2D eigenvalue weighted by Crippen LogP contribution is -2.48. The van der Waals surface area contributed by atoms with Gasteiger partial charge in [-0.05, 0) is 71.1 Å². The molecule has 0 saturated carbocycles. The van der Waals surface area contributed by atoms with E-state index in [2.05, 4.69) is 57.4 Å². The van der Waals surface area contributed by atoms with Crippen LogP contribution < -0.4 is 19.1 Å². The molecule has 0 N–H and O–H groups in total. The number of rotatable bonds is 11. The molecule has 0 radical (unpaired) electrons. The Bertz CT molecular complexity index is 1090. The fraction of sp³-hybridized carbons (Fsp3) is 0.519. The minimum absolute atomic E-state index is 0.184. The lowest BCUT2D eigenvalue weighted by Gasteiger charge is -2.40. The topological polar surface area (TPSA) is 77.8 Å². The van der Waals surface area contributed by atoms with Crippen LogP contribution in [0.15, 0.2) is 42.5 Å². The molecule has 0 spiro atoms. The molecular weight excluding hydrogens is 456 g/mol. The van der Waals surface area contributed by atoms with Gasteiger partial charge in [-0.2, -0.15) is 0 Å². The van der Waals surface area contributed by atoms with Gasteiger partial charge < -0.3 is 19.1 Å². The largest absolute Gasteiger partial charge is 0.497 e. The third kappa shape index (κ3) is 6.07. The Balaban J connectivity index is 1.44. The minimum atomic E-state index is 0.184. The molecule has 1 unspecified atom stereocenters. The maximum absolute atomic E-state index is 5.46. The van der Waals surface area contributed by atoms with Crippen molar-refractivity contribution in [3.63, 3.8) is 0 Å². The molecule has 1 aliphatic heterocycles. The predicted molar refractivity (Wildman–Crippen MR) is 140 cm³/mol. The van der Waals surface area contributed by atoms with E-state index < -0.39 is 0 Å². The molecular formula is C27H38N6O3. The van der Waals surface area contributed by atoms with Crippen molar-refractivity contribution in [2.24, 2.45) is 5.92 Å². The van der Waals surface area contributed by atoms with Crippen LogP contribution in [0.1, 0.15) is 37.7 Å². The molecule has 2 aromatic carbocycles. The van der Waals surface area contributed by atoms with E-state index in [1.54, 1.807) is 21.3 Å². The normalized spacial score (nSPS) is 15.2. The van der Waals surface area contributed by atoms with Gasteiger partial charge in [0.1, 0.15) is 5.75 Å². The number of benzene rings is 2. The summed E-state index contributed by atoms with van der Waals surface area (Å²) in [6.45, 7) is 9.09. The van der Waals surface area contributed by atoms with Crippen LogP contribution >= 0.6 is 0 Å². The predicted octanol–water partition coefficient (Wildman–Crippen LogP) is 3.85. The number of tetrazole rings is 1. The monoisotopic (exact) mass is 494 g/mol. The van der Waals surface area contributed by atoms with E-state index >= 15 is 0 Å². The van der Waals surface area contributed by atoms with Crippen molar-refractivity contribution >= 4 is 5.69 Å². The molecule has 1 saturated heterocycles. The second-order valence-corrected chi connectivity index (χ2v) is 9.57. The molecule has 1 aliphatic rings. The van der Waals surface area contributed by atoms with Crippen LogP contribution in [-0.4, -0.2) is 72.6 Å². The molecule has 3 aromatic rings. The van der Waals surface area contributed by atoms with Crippen molar-refractivity contribution in [2.45, 2.75) is 39.3 Å². The maximum Gasteiger partial charge on any atom is 0.168 e. The van der Waals surface area contributed by atoms with Crippen LogP contribution in [0.2, 0.25) is 0 Å². The highest BCUT2D eigenvalue weighted by Crippen LogP contribution is 2.30. The van der Waals surface area contributed by atoms with Crippen LogP contribution in [0.3, 0.4) is 0 Å². The van der Waals surface area contributed by atoms with Gasteiger partial charge in [0.05, 0.1) is 27.4 Å². The average Bonchev–Trinajstić information content (AvgIpc) is 3.38. The van der Waals surface area contributed by atoms with Crippen molar-refractivity contribution in [1.82, 2.24) is 25.1 Å². The number of aryl methyl sites for hydroxylation is 2. The van der Waals surface area contributed by atoms with Gasteiger partial charge >= 0.3 is 0 Å². The first-order valence-corrected chi connectivity index (χ1v) is 12.6. The van der Waals surface area contributed by atoms with Crippen molar-refractivity contribution in [3.05, 3.63) is 53.9 Å². The Morgan fingerprint density at radius 3 is 2.22 bits per heavy atom. The zero-order valence-electron chi connectivity index (χ0n) is 22.1. The van der Waals surface area contributed by atoms with Crippen LogP contribution in [0, 0.1) is 5.92 Å². The highest BCUT2D eigenvalue weighted by molar-refractivity contribution is 5.49. The van der Waals surface area contributed by atoms with Gasteiger partial charge in [-0.3, -0.25) is 4.90 Å². The molecule has 0 bridgehead atoms. The summed E-state index contributed by atoms with van der Waals surface area (Å²) in [7, 11) is 5.01. The molecule has 1 fully saturated rings. The number of nitrogens with zero attached hydrogens (tertiary/aromatic N) is 6. The summed E-state index contributed by atoms with van der Waals surface area (Å²) >= 11 is 0.